The summed E-state index contributed by atoms with van der Waals surface area (Å²) in [6, 6.07) is 0. The molecule has 1 unspecified atom stereocenters. The minimum atomic E-state index is -0.353. The Balaban J connectivity index is 1.16. The molecular formula is C61H118O23. The Hall–Kier alpha value is -1.18. The first-order valence-corrected chi connectivity index (χ1v) is 31.8. The van der Waals surface area contributed by atoms with Crippen LogP contribution in [0.5, 0.6) is 0 Å². The summed E-state index contributed by atoms with van der Waals surface area (Å²) in [4.78, 5) is 0. The van der Waals surface area contributed by atoms with E-state index in [1.807, 2.05) is 0 Å². The van der Waals surface area contributed by atoms with Crippen LogP contribution in [0.3, 0.4) is 0 Å². The number of unbranched alkanes of at least 4 members (excludes halogenated alkanes) is 6. The first-order chi connectivity index (χ1) is 41.7. The molecule has 1 atom stereocenters. The number of ether oxygens (including phenoxy) is 22. The lowest BCUT2D eigenvalue weighted by molar-refractivity contribution is -0.0319. The zero-order valence-electron chi connectivity index (χ0n) is 52.2. The fraction of sp³-hybridized carbons (Fsp3) is 0.967. The molecule has 1 saturated carbocycles. The summed E-state index contributed by atoms with van der Waals surface area (Å²) in [7, 11) is 0. The van der Waals surface area contributed by atoms with Crippen LogP contribution >= 0.6 is 0 Å². The summed E-state index contributed by atoms with van der Waals surface area (Å²) < 4.78 is 123. The van der Waals surface area contributed by atoms with Gasteiger partial charge in [-0.1, -0.05) is 64.4 Å². The monoisotopic (exact) mass is 1220 g/mol. The van der Waals surface area contributed by atoms with Crippen LogP contribution in [-0.4, -0.2) is 300 Å². The number of aliphatic hydroxyl groups is 1. The van der Waals surface area contributed by atoms with Crippen LogP contribution < -0.4 is 0 Å². The van der Waals surface area contributed by atoms with Crippen LogP contribution in [0.4, 0.5) is 0 Å². The maximum absolute atomic E-state index is 8.62. The SMILES string of the molecule is C=CCOCC1(COCCOCCOCCOCCOCCOCCOCCOCCOCCOCCOCCOCCOCCOCCOCCOCCOCCOCCOCCOCCO)OC12CCC(CCCCCCCCC)CC2. The second-order valence-electron chi connectivity index (χ2n) is 20.2. The van der Waals surface area contributed by atoms with Crippen molar-refractivity contribution in [3.8, 4) is 0 Å². The average molecular weight is 1220 g/mol. The summed E-state index contributed by atoms with van der Waals surface area (Å²) in [5.74, 6) is 0.825. The van der Waals surface area contributed by atoms with E-state index in [0.717, 1.165) is 18.8 Å². The van der Waals surface area contributed by atoms with Gasteiger partial charge in [0.25, 0.3) is 0 Å². The van der Waals surface area contributed by atoms with E-state index in [4.69, 9.17) is 109 Å². The second-order valence-corrected chi connectivity index (χ2v) is 20.2. The molecule has 1 heterocycles. The predicted molar refractivity (Wildman–Crippen MR) is 316 cm³/mol. The van der Waals surface area contributed by atoms with E-state index in [2.05, 4.69) is 13.5 Å². The normalized spacial score (nSPS) is 17.8. The van der Waals surface area contributed by atoms with Crippen molar-refractivity contribution in [1.82, 2.24) is 0 Å². The van der Waals surface area contributed by atoms with E-state index in [9.17, 15) is 0 Å². The molecule has 2 aliphatic rings. The van der Waals surface area contributed by atoms with Crippen LogP contribution in [0, 0.1) is 5.92 Å². The van der Waals surface area contributed by atoms with Crippen LogP contribution in [0.15, 0.2) is 12.7 Å². The Morgan fingerprint density at radius 1 is 0.333 bits per heavy atom. The van der Waals surface area contributed by atoms with Crippen molar-refractivity contribution in [2.45, 2.75) is 95.2 Å². The van der Waals surface area contributed by atoms with Crippen molar-refractivity contribution in [3.05, 3.63) is 12.7 Å². The summed E-state index contributed by atoms with van der Waals surface area (Å²) in [5, 5.41) is 8.62. The molecule has 1 saturated heterocycles. The van der Waals surface area contributed by atoms with E-state index in [0.29, 0.717) is 277 Å². The molecule has 0 aromatic heterocycles. The molecule has 23 nitrogen and oxygen atoms in total. The molecular weight excluding hydrogens is 1100 g/mol. The van der Waals surface area contributed by atoms with Crippen molar-refractivity contribution >= 4 is 0 Å². The first-order valence-electron chi connectivity index (χ1n) is 31.8. The van der Waals surface area contributed by atoms with Gasteiger partial charge in [-0.3, -0.25) is 0 Å². The lowest BCUT2D eigenvalue weighted by Gasteiger charge is -2.29. The van der Waals surface area contributed by atoms with Gasteiger partial charge in [-0.15, -0.1) is 6.58 Å². The number of hydrogen-bond donors (Lipinski definition) is 1. The van der Waals surface area contributed by atoms with E-state index >= 15 is 0 Å². The number of epoxide rings is 1. The molecule has 2 fully saturated rings. The van der Waals surface area contributed by atoms with E-state index in [1.54, 1.807) is 6.08 Å². The van der Waals surface area contributed by atoms with Gasteiger partial charge >= 0.3 is 0 Å². The number of aliphatic hydroxyl groups excluding tert-OH is 1. The lowest BCUT2D eigenvalue weighted by atomic mass is 9.74. The Morgan fingerprint density at radius 3 is 0.833 bits per heavy atom. The predicted octanol–water partition coefficient (Wildman–Crippen LogP) is 5.35. The topological polar surface area (TPSA) is 227 Å². The zero-order chi connectivity index (χ0) is 59.7. The van der Waals surface area contributed by atoms with Gasteiger partial charge < -0.3 is 109 Å². The van der Waals surface area contributed by atoms with Gasteiger partial charge in [-0.2, -0.15) is 0 Å². The fourth-order valence-electron chi connectivity index (χ4n) is 8.88. The Morgan fingerprint density at radius 2 is 0.571 bits per heavy atom. The van der Waals surface area contributed by atoms with Crippen molar-refractivity contribution in [3.63, 3.8) is 0 Å². The quantitative estimate of drug-likeness (QED) is 0.0460. The number of rotatable bonds is 73. The van der Waals surface area contributed by atoms with E-state index in [1.165, 1.54) is 64.2 Å². The standard InChI is InChI=1S/C61H118O23/c1-3-5-6-7-8-9-10-11-59-12-14-60(15-13-59)61(84-60,57-82-17-4-2)58-83-56-55-81-54-53-80-52-51-79-50-49-78-48-47-77-46-45-76-44-43-75-42-41-74-40-39-73-38-37-72-36-35-71-34-33-70-32-31-69-30-29-68-28-27-67-26-25-66-24-23-65-22-21-64-20-19-63-18-16-62/h4,59,62H,2-3,5-58H2,1H3. The molecule has 0 bridgehead atoms. The van der Waals surface area contributed by atoms with Gasteiger partial charge in [0.2, 0.25) is 0 Å². The maximum atomic E-state index is 8.62. The van der Waals surface area contributed by atoms with Gasteiger partial charge in [-0.05, 0) is 31.6 Å². The molecule has 500 valence electrons. The molecule has 1 aliphatic heterocycles. The Labute approximate surface area is 505 Å². The van der Waals surface area contributed by atoms with Gasteiger partial charge in [0.05, 0.1) is 284 Å². The molecule has 0 aromatic rings. The summed E-state index contributed by atoms with van der Waals surface area (Å²) in [6.45, 7) is 26.7. The lowest BCUT2D eigenvalue weighted by Crippen LogP contribution is -2.38. The Kier molecular flexibility index (Phi) is 59.6. The van der Waals surface area contributed by atoms with Crippen molar-refractivity contribution in [2.75, 3.05) is 284 Å². The molecule has 23 heteroatoms. The molecule has 0 aromatic carbocycles. The summed E-state index contributed by atoms with van der Waals surface area (Å²) in [5.41, 5.74) is -0.455. The highest BCUT2D eigenvalue weighted by Crippen LogP contribution is 2.58. The summed E-state index contributed by atoms with van der Waals surface area (Å²) in [6.07, 6.45) is 17.4. The molecule has 84 heavy (non-hydrogen) atoms. The second kappa shape index (κ2) is 63.4. The highest BCUT2D eigenvalue weighted by Gasteiger charge is 2.70. The summed E-state index contributed by atoms with van der Waals surface area (Å²) >= 11 is 0. The first kappa shape index (κ1) is 78.9. The van der Waals surface area contributed by atoms with Crippen LogP contribution in [0.2, 0.25) is 0 Å². The molecule has 1 N–H and O–H groups in total. The van der Waals surface area contributed by atoms with Gasteiger partial charge in [0.1, 0.15) is 11.2 Å². The van der Waals surface area contributed by atoms with Gasteiger partial charge in [0.15, 0.2) is 0 Å². The molecule has 0 amide bonds. The largest absolute Gasteiger partial charge is 0.394 e. The number of hydrogen-bond acceptors (Lipinski definition) is 23. The molecule has 1 spiro atoms. The third kappa shape index (κ3) is 49.7. The van der Waals surface area contributed by atoms with Gasteiger partial charge in [-0.25, -0.2) is 0 Å². The van der Waals surface area contributed by atoms with Crippen molar-refractivity contribution < 1.29 is 109 Å². The van der Waals surface area contributed by atoms with Crippen LogP contribution in [0.25, 0.3) is 0 Å². The molecule has 0 radical (unpaired) electrons. The van der Waals surface area contributed by atoms with E-state index in [-0.39, 0.29) is 17.8 Å². The van der Waals surface area contributed by atoms with E-state index < -0.39 is 0 Å². The zero-order valence-corrected chi connectivity index (χ0v) is 52.2. The van der Waals surface area contributed by atoms with Gasteiger partial charge in [0, 0.05) is 0 Å². The maximum Gasteiger partial charge on any atom is 0.144 e. The average Bonchev–Trinajstić information content (AvgIpc) is 1.63. The minimum Gasteiger partial charge on any atom is -0.394 e. The molecule has 1 aliphatic carbocycles. The third-order valence-electron chi connectivity index (χ3n) is 13.5. The van der Waals surface area contributed by atoms with Crippen LogP contribution in [-0.2, 0) is 104 Å². The third-order valence-corrected chi connectivity index (χ3v) is 13.5. The minimum absolute atomic E-state index is 0.0189. The van der Waals surface area contributed by atoms with Crippen molar-refractivity contribution in [2.24, 2.45) is 5.92 Å². The van der Waals surface area contributed by atoms with Crippen molar-refractivity contribution in [1.29, 1.82) is 0 Å². The highest BCUT2D eigenvalue weighted by molar-refractivity contribution is 5.17. The highest BCUT2D eigenvalue weighted by atomic mass is 16.7. The smallest absolute Gasteiger partial charge is 0.144 e. The molecule has 2 rings (SSSR count). The fourth-order valence-corrected chi connectivity index (χ4v) is 8.88. The Bertz CT molecular complexity index is 1310. The van der Waals surface area contributed by atoms with Crippen LogP contribution in [0.1, 0.15) is 84.0 Å².